The summed E-state index contributed by atoms with van der Waals surface area (Å²) in [6.45, 7) is 2.56. The zero-order chi connectivity index (χ0) is 15.2. The van der Waals surface area contributed by atoms with E-state index >= 15 is 0 Å². The van der Waals surface area contributed by atoms with E-state index < -0.39 is 0 Å². The third-order valence-corrected chi connectivity index (χ3v) is 4.00. The van der Waals surface area contributed by atoms with Crippen LogP contribution in [0.5, 0.6) is 0 Å². The standard InChI is InChI=1S/C15H25N5O.HI/c1-17-15(18-10-13-6-4-7-19(13)2)20-8-3-5-12(11-20)9-14(16)21;/h4,6-7,12H,3,5,8-11H2,1-2H3,(H2,16,21)(H,17,18);1H. The molecule has 0 aromatic carbocycles. The summed E-state index contributed by atoms with van der Waals surface area (Å²) in [5.41, 5.74) is 6.52. The number of primary amides is 1. The number of aliphatic imine (C=N–C) groups is 1. The second kappa shape index (κ2) is 9.02. The molecule has 1 fully saturated rings. The van der Waals surface area contributed by atoms with Gasteiger partial charge in [0, 0.05) is 45.5 Å². The lowest BCUT2D eigenvalue weighted by molar-refractivity contribution is -0.119. The van der Waals surface area contributed by atoms with Crippen LogP contribution in [0.25, 0.3) is 0 Å². The molecular weight excluding hydrogens is 393 g/mol. The number of hydrogen-bond donors (Lipinski definition) is 2. The van der Waals surface area contributed by atoms with E-state index in [1.54, 1.807) is 7.05 Å². The number of hydrogen-bond acceptors (Lipinski definition) is 2. The van der Waals surface area contributed by atoms with Gasteiger partial charge in [-0.25, -0.2) is 0 Å². The Balaban J connectivity index is 0.00000242. The Hall–Kier alpha value is -1.25. The topological polar surface area (TPSA) is 75.7 Å². The molecule has 1 aliphatic heterocycles. The molecule has 1 aliphatic rings. The number of carbonyl (C=O) groups is 1. The van der Waals surface area contributed by atoms with Crippen molar-refractivity contribution >= 4 is 35.8 Å². The molecule has 1 atom stereocenters. The zero-order valence-electron chi connectivity index (χ0n) is 13.3. The average molecular weight is 419 g/mol. The predicted molar refractivity (Wildman–Crippen MR) is 99.1 cm³/mol. The van der Waals surface area contributed by atoms with E-state index in [1.807, 2.05) is 19.3 Å². The smallest absolute Gasteiger partial charge is 0.217 e. The van der Waals surface area contributed by atoms with Gasteiger partial charge in [-0.3, -0.25) is 9.79 Å². The van der Waals surface area contributed by atoms with Gasteiger partial charge in [0.15, 0.2) is 5.96 Å². The number of nitrogens with one attached hydrogen (secondary N) is 1. The number of aromatic nitrogens is 1. The second-order valence-corrected chi connectivity index (χ2v) is 5.64. The van der Waals surface area contributed by atoms with Gasteiger partial charge >= 0.3 is 0 Å². The zero-order valence-corrected chi connectivity index (χ0v) is 15.6. The highest BCUT2D eigenvalue weighted by Gasteiger charge is 2.23. The highest BCUT2D eigenvalue weighted by Crippen LogP contribution is 2.19. The molecule has 0 bridgehead atoms. The number of rotatable bonds is 4. The average Bonchev–Trinajstić information content (AvgIpc) is 2.85. The summed E-state index contributed by atoms with van der Waals surface area (Å²) in [6, 6.07) is 4.12. The van der Waals surface area contributed by atoms with E-state index in [-0.39, 0.29) is 29.9 Å². The molecule has 0 radical (unpaired) electrons. The van der Waals surface area contributed by atoms with Crippen molar-refractivity contribution in [2.24, 2.45) is 23.7 Å². The van der Waals surface area contributed by atoms with Crippen LogP contribution in [0.4, 0.5) is 0 Å². The number of amides is 1. The Kier molecular flexibility index (Phi) is 7.70. The lowest BCUT2D eigenvalue weighted by Crippen LogP contribution is -2.47. The van der Waals surface area contributed by atoms with E-state index in [2.05, 4.69) is 25.8 Å². The molecule has 7 heteroatoms. The van der Waals surface area contributed by atoms with Gasteiger partial charge in [-0.05, 0) is 30.9 Å². The SMILES string of the molecule is CN=C(NCc1cccn1C)N1CCCC(CC(N)=O)C1.I. The maximum atomic E-state index is 11.1. The van der Waals surface area contributed by atoms with Crippen molar-refractivity contribution in [3.63, 3.8) is 0 Å². The predicted octanol–water partition coefficient (Wildman–Crippen LogP) is 1.31. The largest absolute Gasteiger partial charge is 0.370 e. The van der Waals surface area contributed by atoms with Crippen LogP contribution in [0.2, 0.25) is 0 Å². The van der Waals surface area contributed by atoms with Gasteiger partial charge < -0.3 is 20.5 Å². The second-order valence-electron chi connectivity index (χ2n) is 5.64. The molecule has 1 amide bonds. The van der Waals surface area contributed by atoms with Crippen LogP contribution < -0.4 is 11.1 Å². The number of nitrogens with zero attached hydrogens (tertiary/aromatic N) is 3. The number of likely N-dealkylation sites (tertiary alicyclic amines) is 1. The van der Waals surface area contributed by atoms with Crippen LogP contribution in [-0.4, -0.2) is 41.5 Å². The van der Waals surface area contributed by atoms with E-state index in [0.717, 1.165) is 38.4 Å². The van der Waals surface area contributed by atoms with Gasteiger partial charge in [0.1, 0.15) is 0 Å². The molecule has 6 nitrogen and oxygen atoms in total. The third kappa shape index (κ3) is 5.19. The minimum atomic E-state index is -0.214. The summed E-state index contributed by atoms with van der Waals surface area (Å²) in [5.74, 6) is 1.02. The van der Waals surface area contributed by atoms with Crippen molar-refractivity contribution in [2.45, 2.75) is 25.8 Å². The number of aryl methyl sites for hydroxylation is 1. The van der Waals surface area contributed by atoms with Crippen molar-refractivity contribution < 1.29 is 4.79 Å². The number of halogens is 1. The Morgan fingerprint density at radius 1 is 1.55 bits per heavy atom. The number of guanidine groups is 1. The Morgan fingerprint density at radius 3 is 2.91 bits per heavy atom. The van der Waals surface area contributed by atoms with Crippen LogP contribution in [0.1, 0.15) is 25.0 Å². The highest BCUT2D eigenvalue weighted by atomic mass is 127. The van der Waals surface area contributed by atoms with Crippen LogP contribution in [0, 0.1) is 5.92 Å². The van der Waals surface area contributed by atoms with Crippen molar-refractivity contribution in [1.29, 1.82) is 0 Å². The molecule has 1 aromatic heterocycles. The van der Waals surface area contributed by atoms with Gasteiger partial charge in [0.05, 0.1) is 6.54 Å². The first-order valence-corrected chi connectivity index (χ1v) is 7.44. The van der Waals surface area contributed by atoms with Crippen molar-refractivity contribution in [3.05, 3.63) is 24.0 Å². The first kappa shape index (κ1) is 18.8. The summed E-state index contributed by atoms with van der Waals surface area (Å²) in [4.78, 5) is 17.7. The Labute approximate surface area is 149 Å². The summed E-state index contributed by atoms with van der Waals surface area (Å²) < 4.78 is 2.09. The third-order valence-electron chi connectivity index (χ3n) is 4.00. The van der Waals surface area contributed by atoms with Crippen molar-refractivity contribution in [2.75, 3.05) is 20.1 Å². The monoisotopic (exact) mass is 419 g/mol. The summed E-state index contributed by atoms with van der Waals surface area (Å²) in [6.07, 6.45) is 4.63. The minimum absolute atomic E-state index is 0. The summed E-state index contributed by atoms with van der Waals surface area (Å²) in [5, 5.41) is 3.40. The van der Waals surface area contributed by atoms with Gasteiger partial charge in [0.25, 0.3) is 0 Å². The summed E-state index contributed by atoms with van der Waals surface area (Å²) >= 11 is 0. The lowest BCUT2D eigenvalue weighted by atomic mass is 9.95. The van der Waals surface area contributed by atoms with Gasteiger partial charge in [-0.1, -0.05) is 0 Å². The fraction of sp³-hybridized carbons (Fsp3) is 0.600. The maximum absolute atomic E-state index is 11.1. The molecule has 0 spiro atoms. The first-order chi connectivity index (χ1) is 10.1. The molecular formula is C15H26IN5O. The minimum Gasteiger partial charge on any atom is -0.370 e. The van der Waals surface area contributed by atoms with Crippen LogP contribution in [0.15, 0.2) is 23.3 Å². The Bertz CT molecular complexity index is 514. The first-order valence-electron chi connectivity index (χ1n) is 7.44. The van der Waals surface area contributed by atoms with Crippen molar-refractivity contribution in [1.82, 2.24) is 14.8 Å². The van der Waals surface area contributed by atoms with Gasteiger partial charge in [0.2, 0.25) is 5.91 Å². The van der Waals surface area contributed by atoms with Crippen LogP contribution in [-0.2, 0) is 18.4 Å². The molecule has 3 N–H and O–H groups in total. The normalized spacial score (nSPS) is 18.7. The quantitative estimate of drug-likeness (QED) is 0.439. The van der Waals surface area contributed by atoms with Crippen molar-refractivity contribution in [3.8, 4) is 0 Å². The molecule has 0 aliphatic carbocycles. The Morgan fingerprint density at radius 2 is 2.32 bits per heavy atom. The molecule has 0 saturated carbocycles. The van der Waals surface area contributed by atoms with E-state index in [4.69, 9.17) is 5.73 Å². The molecule has 2 heterocycles. The molecule has 1 unspecified atom stereocenters. The fourth-order valence-electron chi connectivity index (χ4n) is 2.89. The number of nitrogens with two attached hydrogens (primary N) is 1. The number of piperidine rings is 1. The molecule has 2 rings (SSSR count). The van der Waals surface area contributed by atoms with E-state index in [1.165, 1.54) is 5.69 Å². The van der Waals surface area contributed by atoms with E-state index in [9.17, 15) is 4.79 Å². The molecule has 22 heavy (non-hydrogen) atoms. The summed E-state index contributed by atoms with van der Waals surface area (Å²) in [7, 11) is 3.83. The van der Waals surface area contributed by atoms with E-state index in [0.29, 0.717) is 12.3 Å². The number of carbonyl (C=O) groups excluding carboxylic acids is 1. The van der Waals surface area contributed by atoms with Gasteiger partial charge in [-0.15, -0.1) is 24.0 Å². The molecule has 1 aromatic rings. The van der Waals surface area contributed by atoms with Gasteiger partial charge in [-0.2, -0.15) is 0 Å². The highest BCUT2D eigenvalue weighted by molar-refractivity contribution is 14.0. The maximum Gasteiger partial charge on any atom is 0.217 e. The van der Waals surface area contributed by atoms with Crippen LogP contribution in [0.3, 0.4) is 0 Å². The molecule has 124 valence electrons. The lowest BCUT2D eigenvalue weighted by Gasteiger charge is -2.34. The fourth-order valence-corrected chi connectivity index (χ4v) is 2.89. The molecule has 1 saturated heterocycles. The van der Waals surface area contributed by atoms with Crippen LogP contribution >= 0.6 is 24.0 Å².